The van der Waals surface area contributed by atoms with Gasteiger partial charge in [0.05, 0.1) is 24.7 Å². The molecule has 2 fully saturated rings. The zero-order valence-corrected chi connectivity index (χ0v) is 22.0. The molecule has 3 aliphatic heterocycles. The Balaban J connectivity index is 1.47. The molecule has 1 N–H and O–H groups in total. The number of likely N-dealkylation sites (tertiary alicyclic amines) is 1. The van der Waals surface area contributed by atoms with Crippen molar-refractivity contribution < 1.29 is 4.74 Å². The van der Waals surface area contributed by atoms with Gasteiger partial charge in [-0.2, -0.15) is 15.2 Å². The highest BCUT2D eigenvalue weighted by Gasteiger charge is 2.29. The first kappa shape index (κ1) is 24.8. The predicted molar refractivity (Wildman–Crippen MR) is 143 cm³/mol. The molecule has 0 spiro atoms. The number of anilines is 2. The van der Waals surface area contributed by atoms with Gasteiger partial charge in [-0.3, -0.25) is 0 Å². The summed E-state index contributed by atoms with van der Waals surface area (Å²) in [7, 11) is 2.17. The number of nitrogens with zero attached hydrogens (tertiary/aromatic N) is 6. The molecule has 1 aromatic carbocycles. The molecule has 8 nitrogen and oxygen atoms in total. The second-order valence-corrected chi connectivity index (χ2v) is 10.5. The van der Waals surface area contributed by atoms with Crippen LogP contribution in [0.25, 0.3) is 0 Å². The predicted octanol–water partition coefficient (Wildman–Crippen LogP) is 3.21. The Kier molecular flexibility index (Phi) is 7.59. The lowest BCUT2D eigenvalue weighted by Crippen LogP contribution is -2.51. The van der Waals surface area contributed by atoms with Crippen molar-refractivity contribution in [3.8, 4) is 12.1 Å². The fourth-order valence-corrected chi connectivity index (χ4v) is 5.82. The number of fused-ring (bicyclic) bond motifs is 1. The minimum Gasteiger partial charge on any atom is -0.462 e. The molecule has 1 aromatic heterocycles. The van der Waals surface area contributed by atoms with Crippen molar-refractivity contribution in [3.05, 3.63) is 40.6 Å². The van der Waals surface area contributed by atoms with Gasteiger partial charge in [0.2, 0.25) is 0 Å². The van der Waals surface area contributed by atoms with Crippen LogP contribution in [0.1, 0.15) is 48.1 Å². The summed E-state index contributed by atoms with van der Waals surface area (Å²) in [6, 6.07) is 9.94. The van der Waals surface area contributed by atoms with Gasteiger partial charge in [0, 0.05) is 49.5 Å². The molecular weight excluding hydrogens is 450 g/mol. The quantitative estimate of drug-likeness (QED) is 0.663. The van der Waals surface area contributed by atoms with E-state index in [1.165, 1.54) is 28.8 Å². The van der Waals surface area contributed by atoms with Crippen molar-refractivity contribution in [2.75, 3.05) is 56.2 Å². The third-order valence-corrected chi connectivity index (χ3v) is 8.13. The van der Waals surface area contributed by atoms with Crippen molar-refractivity contribution in [1.82, 2.24) is 20.2 Å². The maximum atomic E-state index is 9.26. The highest BCUT2D eigenvalue weighted by atomic mass is 16.5. The van der Waals surface area contributed by atoms with E-state index in [1.54, 1.807) is 0 Å². The van der Waals surface area contributed by atoms with Gasteiger partial charge in [0.1, 0.15) is 12.4 Å². The number of likely N-dealkylation sites (N-methyl/N-ethyl adjacent to an activating group) is 1. The van der Waals surface area contributed by atoms with E-state index in [4.69, 9.17) is 14.7 Å². The molecule has 8 heteroatoms. The van der Waals surface area contributed by atoms with Crippen LogP contribution in [0.3, 0.4) is 0 Å². The summed E-state index contributed by atoms with van der Waals surface area (Å²) in [5.41, 5.74) is 6.25. The Labute approximate surface area is 215 Å². The molecule has 2 saturated heterocycles. The first-order valence-electron chi connectivity index (χ1n) is 13.4. The lowest BCUT2D eigenvalue weighted by atomic mass is 10.1. The second-order valence-electron chi connectivity index (χ2n) is 10.5. The Morgan fingerprint density at radius 2 is 2.03 bits per heavy atom. The van der Waals surface area contributed by atoms with Crippen LogP contribution in [0.15, 0.2) is 18.2 Å². The van der Waals surface area contributed by atoms with E-state index in [-0.39, 0.29) is 6.04 Å². The third kappa shape index (κ3) is 5.28. The molecular formula is C28H39N7O. The maximum Gasteiger partial charge on any atom is 0.318 e. The normalized spacial score (nSPS) is 22.7. The van der Waals surface area contributed by atoms with Crippen molar-refractivity contribution in [2.45, 2.75) is 64.6 Å². The zero-order chi connectivity index (χ0) is 25.1. The third-order valence-electron chi connectivity index (χ3n) is 8.13. The molecule has 1 unspecified atom stereocenters. The molecule has 0 aliphatic carbocycles. The van der Waals surface area contributed by atoms with Gasteiger partial charge in [-0.05, 0) is 70.3 Å². The van der Waals surface area contributed by atoms with Crippen LogP contribution in [-0.2, 0) is 13.0 Å². The lowest BCUT2D eigenvalue weighted by molar-refractivity contribution is 0.187. The summed E-state index contributed by atoms with van der Waals surface area (Å²) < 4.78 is 6.28. The summed E-state index contributed by atoms with van der Waals surface area (Å²) in [4.78, 5) is 17.2. The number of ether oxygens (including phenoxy) is 1. The highest BCUT2D eigenvalue weighted by Crippen LogP contribution is 2.32. The summed E-state index contributed by atoms with van der Waals surface area (Å²) in [5, 5.41) is 12.7. The van der Waals surface area contributed by atoms with E-state index < -0.39 is 0 Å². The Morgan fingerprint density at radius 1 is 1.14 bits per heavy atom. The Hall–Kier alpha value is -2.89. The van der Waals surface area contributed by atoms with Gasteiger partial charge in [-0.15, -0.1) is 0 Å². The number of piperazine rings is 1. The maximum absolute atomic E-state index is 9.26. The number of hydrogen-bond donors (Lipinski definition) is 1. The van der Waals surface area contributed by atoms with Crippen LogP contribution in [0.4, 0.5) is 11.5 Å². The van der Waals surface area contributed by atoms with Crippen molar-refractivity contribution in [1.29, 1.82) is 5.26 Å². The lowest BCUT2D eigenvalue weighted by Gasteiger charge is -2.35. The van der Waals surface area contributed by atoms with E-state index >= 15 is 0 Å². The monoisotopic (exact) mass is 489 g/mol. The standard InChI is InChI=1S/C28H39N7O/c1-20-7-4-10-26(21(20)2)34-15-6-9-24-25(18-34)31-28(36-19-23-8-5-14-33(23)3)32-27(24)35-16-13-30-22(17-35)11-12-29/h4,7,10,22-23,30H,5-6,8-9,11,13-19H2,1-3H3/t22?,23-/m0/s1. The second kappa shape index (κ2) is 11.0. The van der Waals surface area contributed by atoms with Crippen LogP contribution in [-0.4, -0.2) is 73.3 Å². The van der Waals surface area contributed by atoms with E-state index in [9.17, 15) is 5.26 Å². The molecule has 4 heterocycles. The first-order valence-corrected chi connectivity index (χ1v) is 13.4. The number of rotatable bonds is 6. The van der Waals surface area contributed by atoms with Crippen LogP contribution in [0, 0.1) is 25.2 Å². The van der Waals surface area contributed by atoms with Gasteiger partial charge in [-0.1, -0.05) is 12.1 Å². The fourth-order valence-electron chi connectivity index (χ4n) is 5.82. The molecule has 0 saturated carbocycles. The van der Waals surface area contributed by atoms with Crippen LogP contribution in [0.2, 0.25) is 0 Å². The average molecular weight is 490 g/mol. The molecule has 2 aromatic rings. The summed E-state index contributed by atoms with van der Waals surface area (Å²) in [5.74, 6) is 1.00. The molecule has 5 rings (SSSR count). The largest absolute Gasteiger partial charge is 0.462 e. The number of aromatic nitrogens is 2. The fraction of sp³-hybridized carbons (Fsp3) is 0.607. The molecule has 0 radical (unpaired) electrons. The smallest absolute Gasteiger partial charge is 0.318 e. The van der Waals surface area contributed by atoms with E-state index in [0.717, 1.165) is 70.0 Å². The molecule has 3 aliphatic rings. The number of benzene rings is 1. The minimum atomic E-state index is 0.156. The van der Waals surface area contributed by atoms with Crippen LogP contribution >= 0.6 is 0 Å². The van der Waals surface area contributed by atoms with Crippen LogP contribution in [0.5, 0.6) is 6.01 Å². The zero-order valence-electron chi connectivity index (χ0n) is 22.0. The number of nitrogens with one attached hydrogen (secondary N) is 1. The topological polar surface area (TPSA) is 80.6 Å². The Morgan fingerprint density at radius 3 is 2.83 bits per heavy atom. The number of aryl methyl sites for hydroxylation is 1. The van der Waals surface area contributed by atoms with Crippen molar-refractivity contribution >= 4 is 11.5 Å². The molecule has 36 heavy (non-hydrogen) atoms. The SMILES string of the molecule is Cc1cccc(N2CCCc3c(nc(OC[C@@H]4CCCN4C)nc3N3CCNC(CC#N)C3)C2)c1C. The van der Waals surface area contributed by atoms with Gasteiger partial charge in [-0.25, -0.2) is 0 Å². The highest BCUT2D eigenvalue weighted by molar-refractivity contribution is 5.58. The summed E-state index contributed by atoms with van der Waals surface area (Å²) >= 11 is 0. The average Bonchev–Trinajstić information content (AvgIpc) is 3.17. The van der Waals surface area contributed by atoms with Gasteiger partial charge in [0.15, 0.2) is 0 Å². The Bertz CT molecular complexity index is 1110. The van der Waals surface area contributed by atoms with Crippen molar-refractivity contribution in [3.63, 3.8) is 0 Å². The summed E-state index contributed by atoms with van der Waals surface area (Å²) in [6.07, 6.45) is 4.87. The first-order chi connectivity index (χ1) is 17.5. The van der Waals surface area contributed by atoms with Gasteiger partial charge >= 0.3 is 6.01 Å². The molecule has 0 amide bonds. The van der Waals surface area contributed by atoms with E-state index in [2.05, 4.69) is 65.2 Å². The number of hydrogen-bond acceptors (Lipinski definition) is 8. The van der Waals surface area contributed by atoms with Crippen LogP contribution < -0.4 is 19.9 Å². The molecule has 192 valence electrons. The van der Waals surface area contributed by atoms with Gasteiger partial charge < -0.3 is 24.8 Å². The minimum absolute atomic E-state index is 0.156. The van der Waals surface area contributed by atoms with E-state index in [1.807, 2.05) is 0 Å². The number of nitriles is 1. The molecule has 0 bridgehead atoms. The van der Waals surface area contributed by atoms with Crippen molar-refractivity contribution in [2.24, 2.45) is 0 Å². The summed E-state index contributed by atoms with van der Waals surface area (Å²) in [6.45, 7) is 10.4. The van der Waals surface area contributed by atoms with E-state index in [0.29, 0.717) is 25.1 Å². The molecule has 2 atom stereocenters. The van der Waals surface area contributed by atoms with Gasteiger partial charge in [0.25, 0.3) is 0 Å².